The predicted molar refractivity (Wildman–Crippen MR) is 73.6 cm³/mol. The van der Waals surface area contributed by atoms with Crippen molar-refractivity contribution in [3.63, 3.8) is 0 Å². The van der Waals surface area contributed by atoms with Gasteiger partial charge in [-0.05, 0) is 47.5 Å². The summed E-state index contributed by atoms with van der Waals surface area (Å²) in [4.78, 5) is 11.8. The monoisotopic (exact) mass is 256 g/mol. The summed E-state index contributed by atoms with van der Waals surface area (Å²) in [6.45, 7) is 11.9. The van der Waals surface area contributed by atoms with Gasteiger partial charge in [-0.1, -0.05) is 0 Å². The molecule has 0 saturated carbocycles. The average Bonchev–Trinajstić information content (AvgIpc) is 2.13. The molecule has 1 heterocycles. The first kappa shape index (κ1) is 15.4. The molecule has 4 nitrogen and oxygen atoms in total. The van der Waals surface area contributed by atoms with Gasteiger partial charge < -0.3 is 15.4 Å². The number of hydrogen-bond donors (Lipinski definition) is 2. The molecule has 1 fully saturated rings. The van der Waals surface area contributed by atoms with Gasteiger partial charge >= 0.3 is 0 Å². The Balaban J connectivity index is 2.24. The van der Waals surface area contributed by atoms with E-state index in [9.17, 15) is 4.79 Å². The molecule has 0 spiro atoms. The third-order valence-electron chi connectivity index (χ3n) is 3.07. The van der Waals surface area contributed by atoms with Crippen LogP contribution in [0.2, 0.25) is 0 Å². The highest BCUT2D eigenvalue weighted by Gasteiger charge is 2.29. The zero-order valence-corrected chi connectivity index (χ0v) is 12.4. The molecule has 1 atom stereocenters. The lowest BCUT2D eigenvalue weighted by molar-refractivity contribution is -0.124. The van der Waals surface area contributed by atoms with E-state index in [0.717, 1.165) is 26.0 Å². The minimum atomic E-state index is -0.111. The van der Waals surface area contributed by atoms with E-state index in [2.05, 4.69) is 45.3 Å². The van der Waals surface area contributed by atoms with Crippen LogP contribution >= 0.6 is 0 Å². The topological polar surface area (TPSA) is 50.4 Å². The molecular weight excluding hydrogens is 228 g/mol. The maximum atomic E-state index is 11.8. The predicted octanol–water partition coefficient (Wildman–Crippen LogP) is 1.84. The Morgan fingerprint density at radius 2 is 2.06 bits per heavy atom. The summed E-state index contributed by atoms with van der Waals surface area (Å²) in [5, 5.41) is 6.42. The summed E-state index contributed by atoms with van der Waals surface area (Å²) < 4.78 is 5.64. The highest BCUT2D eigenvalue weighted by molar-refractivity contribution is 5.76. The molecule has 1 unspecified atom stereocenters. The summed E-state index contributed by atoms with van der Waals surface area (Å²) in [6, 6.07) is 0.260. The highest BCUT2D eigenvalue weighted by Crippen LogP contribution is 2.23. The largest absolute Gasteiger partial charge is 0.375 e. The lowest BCUT2D eigenvalue weighted by atomic mass is 9.94. The van der Waals surface area contributed by atoms with Gasteiger partial charge in [-0.3, -0.25) is 4.79 Å². The van der Waals surface area contributed by atoms with Crippen molar-refractivity contribution in [1.29, 1.82) is 0 Å². The van der Waals surface area contributed by atoms with E-state index in [-0.39, 0.29) is 23.1 Å². The maximum Gasteiger partial charge on any atom is 0.221 e. The average molecular weight is 256 g/mol. The van der Waals surface area contributed by atoms with Crippen molar-refractivity contribution in [1.82, 2.24) is 10.6 Å². The highest BCUT2D eigenvalue weighted by atomic mass is 16.5. The van der Waals surface area contributed by atoms with Crippen LogP contribution in [0, 0.1) is 0 Å². The minimum Gasteiger partial charge on any atom is -0.375 e. The van der Waals surface area contributed by atoms with Crippen LogP contribution in [0.25, 0.3) is 0 Å². The van der Waals surface area contributed by atoms with Gasteiger partial charge in [0.25, 0.3) is 0 Å². The third-order valence-corrected chi connectivity index (χ3v) is 3.07. The van der Waals surface area contributed by atoms with Crippen molar-refractivity contribution in [3.8, 4) is 0 Å². The smallest absolute Gasteiger partial charge is 0.221 e. The Morgan fingerprint density at radius 3 is 2.61 bits per heavy atom. The molecule has 4 heteroatoms. The fourth-order valence-corrected chi connectivity index (χ4v) is 2.21. The first-order valence-electron chi connectivity index (χ1n) is 6.86. The van der Waals surface area contributed by atoms with E-state index in [0.29, 0.717) is 6.42 Å². The first-order chi connectivity index (χ1) is 8.18. The summed E-state index contributed by atoms with van der Waals surface area (Å²) in [7, 11) is 0. The molecule has 0 aromatic heterocycles. The van der Waals surface area contributed by atoms with Gasteiger partial charge in [-0.25, -0.2) is 0 Å². The van der Waals surface area contributed by atoms with Crippen molar-refractivity contribution in [2.24, 2.45) is 0 Å². The van der Waals surface area contributed by atoms with Gasteiger partial charge in [0, 0.05) is 31.2 Å². The second-order valence-corrected chi connectivity index (χ2v) is 6.79. The number of hydrogen-bond acceptors (Lipinski definition) is 3. The van der Waals surface area contributed by atoms with E-state index < -0.39 is 0 Å². The van der Waals surface area contributed by atoms with E-state index >= 15 is 0 Å². The number of carbonyl (C=O) groups excluding carboxylic acids is 1. The molecule has 18 heavy (non-hydrogen) atoms. The van der Waals surface area contributed by atoms with Crippen LogP contribution in [-0.2, 0) is 9.53 Å². The Bertz CT molecular complexity index is 282. The molecule has 1 aliphatic heterocycles. The second-order valence-electron chi connectivity index (χ2n) is 6.79. The van der Waals surface area contributed by atoms with Crippen LogP contribution in [0.5, 0.6) is 0 Å². The quantitative estimate of drug-likeness (QED) is 0.807. The molecule has 0 radical (unpaired) electrons. The molecule has 0 bridgehead atoms. The van der Waals surface area contributed by atoms with Crippen LogP contribution in [0.1, 0.15) is 53.9 Å². The van der Waals surface area contributed by atoms with Gasteiger partial charge in [0.15, 0.2) is 0 Å². The van der Waals surface area contributed by atoms with Crippen molar-refractivity contribution < 1.29 is 9.53 Å². The first-order valence-corrected chi connectivity index (χ1v) is 6.86. The molecule has 1 rings (SSSR count). The molecular formula is C14H28N2O2. The number of ether oxygens (including phenoxy) is 1. The van der Waals surface area contributed by atoms with E-state index in [1.807, 2.05) is 0 Å². The van der Waals surface area contributed by atoms with Crippen LogP contribution in [0.4, 0.5) is 0 Å². The zero-order chi connectivity index (χ0) is 13.8. The molecule has 1 saturated heterocycles. The molecule has 0 aliphatic carbocycles. The lowest BCUT2D eigenvalue weighted by Crippen LogP contribution is -2.46. The number of amides is 1. The Morgan fingerprint density at radius 1 is 1.39 bits per heavy atom. The molecule has 1 aliphatic rings. The van der Waals surface area contributed by atoms with Crippen molar-refractivity contribution >= 4 is 5.91 Å². The standard InChI is InChI=1S/C14H28N2O2/c1-13(2,3)15-8-6-12(17)16-11-7-9-18-14(4,5)10-11/h11,15H,6-10H2,1-5H3,(H,16,17). The summed E-state index contributed by atoms with van der Waals surface area (Å²) in [6.07, 6.45) is 2.35. The van der Waals surface area contributed by atoms with Gasteiger partial charge in [-0.15, -0.1) is 0 Å². The van der Waals surface area contributed by atoms with E-state index in [1.54, 1.807) is 0 Å². The molecule has 106 valence electrons. The zero-order valence-electron chi connectivity index (χ0n) is 12.4. The fourth-order valence-electron chi connectivity index (χ4n) is 2.21. The molecule has 1 amide bonds. The van der Waals surface area contributed by atoms with Crippen LogP contribution in [-0.4, -0.2) is 36.2 Å². The van der Waals surface area contributed by atoms with E-state index in [4.69, 9.17) is 4.74 Å². The summed E-state index contributed by atoms with van der Waals surface area (Å²) >= 11 is 0. The van der Waals surface area contributed by atoms with Crippen LogP contribution < -0.4 is 10.6 Å². The SMILES string of the molecule is CC(C)(C)NCCC(=O)NC1CCOC(C)(C)C1. The summed E-state index contributed by atoms with van der Waals surface area (Å²) in [5.41, 5.74) is -0.0409. The van der Waals surface area contributed by atoms with Gasteiger partial charge in [0.1, 0.15) is 0 Å². The molecule has 0 aromatic rings. The van der Waals surface area contributed by atoms with Crippen LogP contribution in [0.15, 0.2) is 0 Å². The minimum absolute atomic E-state index is 0.0704. The van der Waals surface area contributed by atoms with Gasteiger partial charge in [0.05, 0.1) is 5.60 Å². The summed E-state index contributed by atoms with van der Waals surface area (Å²) in [5.74, 6) is 0.134. The second kappa shape index (κ2) is 6.02. The van der Waals surface area contributed by atoms with Gasteiger partial charge in [0.2, 0.25) is 5.91 Å². The molecule has 2 N–H and O–H groups in total. The van der Waals surface area contributed by atoms with Crippen molar-refractivity contribution in [2.45, 2.75) is 71.1 Å². The Labute approximate surface area is 111 Å². The fraction of sp³-hybridized carbons (Fsp3) is 0.929. The molecule has 0 aromatic carbocycles. The van der Waals surface area contributed by atoms with Gasteiger partial charge in [-0.2, -0.15) is 0 Å². The number of carbonyl (C=O) groups is 1. The third kappa shape index (κ3) is 6.36. The van der Waals surface area contributed by atoms with Crippen LogP contribution in [0.3, 0.4) is 0 Å². The lowest BCUT2D eigenvalue weighted by Gasteiger charge is -2.35. The van der Waals surface area contributed by atoms with Crippen molar-refractivity contribution in [2.75, 3.05) is 13.2 Å². The Kier molecular flexibility index (Phi) is 5.17. The Hall–Kier alpha value is -0.610. The normalized spacial score (nSPS) is 23.7. The number of nitrogens with one attached hydrogen (secondary N) is 2. The van der Waals surface area contributed by atoms with E-state index in [1.165, 1.54) is 0 Å². The number of rotatable bonds is 4. The van der Waals surface area contributed by atoms with Crippen molar-refractivity contribution in [3.05, 3.63) is 0 Å². The maximum absolute atomic E-state index is 11.8.